The average molecular weight is 388 g/mol. The predicted molar refractivity (Wildman–Crippen MR) is 76.6 cm³/mol. The third kappa shape index (κ3) is 10.3. The molecule has 26 heavy (non-hydrogen) atoms. The molecule has 0 radical (unpaired) electrons. The van der Waals surface area contributed by atoms with Gasteiger partial charge in [0.1, 0.15) is 5.75 Å². The number of carbonyl (C=O) groups excluding carboxylic acids is 2. The number of benzene rings is 1. The molecule has 0 saturated carbocycles. The van der Waals surface area contributed by atoms with E-state index in [-0.39, 0.29) is 24.4 Å². The summed E-state index contributed by atoms with van der Waals surface area (Å²) in [6.07, 6.45) is -10.8. The molecular formula is C14H14F6N2O4. The number of ether oxygens (including phenoxy) is 2. The molecule has 1 rings (SSSR count). The summed E-state index contributed by atoms with van der Waals surface area (Å²) in [6, 6.07) is 5.17. The normalized spacial score (nSPS) is 11.6. The van der Waals surface area contributed by atoms with Gasteiger partial charge in [-0.25, -0.2) is 4.79 Å². The van der Waals surface area contributed by atoms with Crippen LogP contribution in [0.25, 0.3) is 0 Å². The molecule has 0 bridgehead atoms. The van der Waals surface area contributed by atoms with Crippen molar-refractivity contribution < 1.29 is 45.4 Å². The van der Waals surface area contributed by atoms with E-state index >= 15 is 0 Å². The summed E-state index contributed by atoms with van der Waals surface area (Å²) in [5.74, 6) is -0.747. The Morgan fingerprint density at radius 1 is 1.00 bits per heavy atom. The van der Waals surface area contributed by atoms with Crippen molar-refractivity contribution in [1.82, 2.24) is 5.32 Å². The fourth-order valence-electron chi connectivity index (χ4n) is 1.53. The molecule has 146 valence electrons. The summed E-state index contributed by atoms with van der Waals surface area (Å²) in [6.45, 7) is -3.54. The van der Waals surface area contributed by atoms with Crippen LogP contribution in [-0.2, 0) is 9.53 Å². The van der Waals surface area contributed by atoms with Gasteiger partial charge in [-0.15, -0.1) is 0 Å². The first-order valence-electron chi connectivity index (χ1n) is 7.01. The van der Waals surface area contributed by atoms with E-state index in [0.29, 0.717) is 0 Å². The van der Waals surface area contributed by atoms with Gasteiger partial charge in [-0.2, -0.15) is 26.3 Å². The molecule has 2 N–H and O–H groups in total. The van der Waals surface area contributed by atoms with E-state index in [9.17, 15) is 35.9 Å². The van der Waals surface area contributed by atoms with Gasteiger partial charge >= 0.3 is 18.4 Å². The molecule has 0 saturated heterocycles. The number of halogens is 6. The predicted octanol–water partition coefficient (Wildman–Crippen LogP) is 3.24. The summed E-state index contributed by atoms with van der Waals surface area (Å²) >= 11 is 0. The lowest BCUT2D eigenvalue weighted by molar-refractivity contribution is -0.160. The number of hydrogen-bond acceptors (Lipinski definition) is 4. The van der Waals surface area contributed by atoms with Crippen molar-refractivity contribution >= 4 is 17.7 Å². The lowest BCUT2D eigenvalue weighted by atomic mass is 10.3. The van der Waals surface area contributed by atoms with Crippen molar-refractivity contribution in [3.63, 3.8) is 0 Å². The molecule has 0 aliphatic carbocycles. The van der Waals surface area contributed by atoms with E-state index < -0.39 is 37.6 Å². The maximum atomic E-state index is 12.1. The lowest BCUT2D eigenvalue weighted by Crippen LogP contribution is -2.31. The third-order valence-corrected chi connectivity index (χ3v) is 2.51. The Bertz CT molecular complexity index is 618. The number of hydrogen-bond donors (Lipinski definition) is 2. The van der Waals surface area contributed by atoms with Gasteiger partial charge in [0.2, 0.25) is 5.91 Å². The number of anilines is 1. The number of nitrogens with one attached hydrogen (secondary N) is 2. The molecule has 2 amide bonds. The van der Waals surface area contributed by atoms with Crippen molar-refractivity contribution in [2.45, 2.75) is 18.8 Å². The van der Waals surface area contributed by atoms with E-state index in [1.807, 2.05) is 5.32 Å². The Morgan fingerprint density at radius 3 is 2.27 bits per heavy atom. The summed E-state index contributed by atoms with van der Waals surface area (Å²) in [5.41, 5.74) is 0.148. The van der Waals surface area contributed by atoms with Crippen LogP contribution in [0, 0.1) is 0 Å². The second-order valence-electron chi connectivity index (χ2n) is 4.85. The van der Waals surface area contributed by atoms with Gasteiger partial charge in [0.05, 0.1) is 0 Å². The van der Waals surface area contributed by atoms with Crippen LogP contribution in [-0.4, -0.2) is 44.1 Å². The van der Waals surface area contributed by atoms with Crippen molar-refractivity contribution in [3.05, 3.63) is 24.3 Å². The molecular weight excluding hydrogens is 374 g/mol. The van der Waals surface area contributed by atoms with Crippen LogP contribution in [0.2, 0.25) is 0 Å². The Hall–Kier alpha value is -2.66. The second-order valence-corrected chi connectivity index (χ2v) is 4.85. The number of rotatable bonds is 7. The molecule has 0 aromatic heterocycles. The minimum absolute atomic E-state index is 0.117. The Balaban J connectivity index is 2.36. The molecule has 0 unspecified atom stereocenters. The van der Waals surface area contributed by atoms with E-state index in [1.165, 1.54) is 18.2 Å². The third-order valence-electron chi connectivity index (χ3n) is 2.51. The molecule has 6 nitrogen and oxygen atoms in total. The zero-order chi connectivity index (χ0) is 19.8. The topological polar surface area (TPSA) is 76.7 Å². The van der Waals surface area contributed by atoms with Crippen molar-refractivity contribution in [2.75, 3.05) is 25.1 Å². The van der Waals surface area contributed by atoms with Gasteiger partial charge in [0.15, 0.2) is 13.2 Å². The first-order valence-corrected chi connectivity index (χ1v) is 7.01. The number of carbonyl (C=O) groups is 2. The van der Waals surface area contributed by atoms with E-state index in [0.717, 1.165) is 6.07 Å². The molecule has 1 aromatic carbocycles. The van der Waals surface area contributed by atoms with Crippen LogP contribution in [0.3, 0.4) is 0 Å². The van der Waals surface area contributed by atoms with Crippen molar-refractivity contribution in [3.8, 4) is 5.75 Å². The molecule has 0 atom stereocenters. The molecule has 0 fully saturated rings. The summed E-state index contributed by atoms with van der Waals surface area (Å²) in [5, 5.41) is 4.29. The first kappa shape index (κ1) is 21.4. The fourth-order valence-corrected chi connectivity index (χ4v) is 1.53. The van der Waals surface area contributed by atoms with Crippen LogP contribution in [0.4, 0.5) is 36.8 Å². The van der Waals surface area contributed by atoms with Gasteiger partial charge in [-0.1, -0.05) is 6.07 Å². The van der Waals surface area contributed by atoms with E-state index in [2.05, 4.69) is 14.8 Å². The average Bonchev–Trinajstić information content (AvgIpc) is 2.50. The monoisotopic (exact) mass is 388 g/mol. The Kier molecular flexibility index (Phi) is 7.53. The number of amides is 2. The highest BCUT2D eigenvalue weighted by molar-refractivity contribution is 5.91. The smallest absolute Gasteiger partial charge is 0.422 e. The minimum Gasteiger partial charge on any atom is -0.484 e. The van der Waals surface area contributed by atoms with Gasteiger partial charge in [-0.3, -0.25) is 4.79 Å². The van der Waals surface area contributed by atoms with Gasteiger partial charge in [0.25, 0.3) is 0 Å². The van der Waals surface area contributed by atoms with Crippen LogP contribution in [0.15, 0.2) is 24.3 Å². The molecule has 1 aromatic rings. The maximum absolute atomic E-state index is 12.1. The number of alkyl carbamates (subject to hydrolysis) is 1. The zero-order valence-electron chi connectivity index (χ0n) is 13.0. The zero-order valence-corrected chi connectivity index (χ0v) is 13.0. The van der Waals surface area contributed by atoms with E-state index in [4.69, 9.17) is 0 Å². The highest BCUT2D eigenvalue weighted by atomic mass is 19.4. The second kappa shape index (κ2) is 9.15. The number of alkyl halides is 6. The minimum atomic E-state index is -4.66. The van der Waals surface area contributed by atoms with Gasteiger partial charge < -0.3 is 20.1 Å². The largest absolute Gasteiger partial charge is 0.484 e. The first-order chi connectivity index (χ1) is 11.9. The standard InChI is InChI=1S/C14H14F6N2O4/c15-13(16,17)7-25-10-3-1-2-9(6-10)22-11(23)4-5-21-12(24)26-8-14(18,19)20/h1-3,6H,4-5,7-8H2,(H,21,24)(H,22,23). The van der Waals surface area contributed by atoms with E-state index in [1.54, 1.807) is 0 Å². The molecule has 12 heteroatoms. The molecule has 0 spiro atoms. The highest BCUT2D eigenvalue weighted by Gasteiger charge is 2.29. The lowest BCUT2D eigenvalue weighted by Gasteiger charge is -2.11. The van der Waals surface area contributed by atoms with Crippen LogP contribution in [0.1, 0.15) is 6.42 Å². The fraction of sp³-hybridized carbons (Fsp3) is 0.429. The van der Waals surface area contributed by atoms with Gasteiger partial charge in [0, 0.05) is 24.7 Å². The van der Waals surface area contributed by atoms with Crippen molar-refractivity contribution in [2.24, 2.45) is 0 Å². The van der Waals surface area contributed by atoms with Crippen LogP contribution in [0.5, 0.6) is 5.75 Å². The van der Waals surface area contributed by atoms with Crippen molar-refractivity contribution in [1.29, 1.82) is 0 Å². The van der Waals surface area contributed by atoms with Crippen LogP contribution >= 0.6 is 0 Å². The Labute approximate surface area is 143 Å². The summed E-state index contributed by atoms with van der Waals surface area (Å²) in [4.78, 5) is 22.6. The molecule has 0 aliphatic rings. The summed E-state index contributed by atoms with van der Waals surface area (Å²) in [7, 11) is 0. The molecule has 0 heterocycles. The highest BCUT2D eigenvalue weighted by Crippen LogP contribution is 2.21. The van der Waals surface area contributed by atoms with Crippen LogP contribution < -0.4 is 15.4 Å². The SMILES string of the molecule is O=C(CCNC(=O)OCC(F)(F)F)Nc1cccc(OCC(F)(F)F)c1. The van der Waals surface area contributed by atoms with Gasteiger partial charge in [-0.05, 0) is 12.1 Å². The summed E-state index contributed by atoms with van der Waals surface area (Å²) < 4.78 is 80.1. The molecule has 0 aliphatic heterocycles. The Morgan fingerprint density at radius 2 is 1.65 bits per heavy atom. The quantitative estimate of drug-likeness (QED) is 0.704. The maximum Gasteiger partial charge on any atom is 0.422 e.